The summed E-state index contributed by atoms with van der Waals surface area (Å²) in [6.07, 6.45) is 9.88. The molecule has 0 bridgehead atoms. The maximum Gasteiger partial charge on any atom is 0.323 e. The summed E-state index contributed by atoms with van der Waals surface area (Å²) in [5.74, 6) is -0.664. The van der Waals surface area contributed by atoms with E-state index in [0.29, 0.717) is 12.5 Å². The van der Waals surface area contributed by atoms with Gasteiger partial charge in [-0.15, -0.1) is 0 Å². The number of carboxylic acids is 1. The van der Waals surface area contributed by atoms with Crippen LogP contribution < -0.4 is 5.32 Å². The number of piperidine rings is 1. The van der Waals surface area contributed by atoms with E-state index >= 15 is 0 Å². The molecule has 1 saturated carbocycles. The minimum absolute atomic E-state index is 0.444. The zero-order valence-corrected chi connectivity index (χ0v) is 13.7. The normalized spacial score (nSPS) is 26.5. The summed E-state index contributed by atoms with van der Waals surface area (Å²) in [5.41, 5.74) is -0.696. The SMILES string of the molecule is CCC1CCCCN1CCCC(CC)(NC1CC1)C(=O)O. The zero-order valence-electron chi connectivity index (χ0n) is 13.7. The van der Waals surface area contributed by atoms with Crippen molar-refractivity contribution in [3.05, 3.63) is 0 Å². The van der Waals surface area contributed by atoms with Crippen molar-refractivity contribution in [2.45, 2.75) is 89.3 Å². The number of carboxylic acid groups (broad SMARTS) is 1. The van der Waals surface area contributed by atoms with Gasteiger partial charge in [0.25, 0.3) is 0 Å². The zero-order chi connectivity index (χ0) is 15.3. The molecule has 2 atom stereocenters. The van der Waals surface area contributed by atoms with Gasteiger partial charge in [0.05, 0.1) is 0 Å². The van der Waals surface area contributed by atoms with Gasteiger partial charge in [0.15, 0.2) is 0 Å². The molecule has 21 heavy (non-hydrogen) atoms. The van der Waals surface area contributed by atoms with Crippen LogP contribution in [0.15, 0.2) is 0 Å². The van der Waals surface area contributed by atoms with E-state index in [-0.39, 0.29) is 0 Å². The maximum absolute atomic E-state index is 11.7. The summed E-state index contributed by atoms with van der Waals surface area (Å²) >= 11 is 0. The van der Waals surface area contributed by atoms with Crippen molar-refractivity contribution >= 4 is 5.97 Å². The Labute approximate surface area is 129 Å². The number of hydrogen-bond acceptors (Lipinski definition) is 3. The fraction of sp³-hybridized carbons (Fsp3) is 0.941. The Morgan fingerprint density at radius 1 is 1.29 bits per heavy atom. The lowest BCUT2D eigenvalue weighted by Gasteiger charge is -2.36. The van der Waals surface area contributed by atoms with E-state index < -0.39 is 11.5 Å². The van der Waals surface area contributed by atoms with Crippen LogP contribution in [0.2, 0.25) is 0 Å². The first-order chi connectivity index (χ1) is 10.1. The van der Waals surface area contributed by atoms with Gasteiger partial charge in [-0.05, 0) is 64.5 Å². The summed E-state index contributed by atoms with van der Waals surface area (Å²) in [4.78, 5) is 14.3. The van der Waals surface area contributed by atoms with Crippen LogP contribution >= 0.6 is 0 Å². The molecule has 1 heterocycles. The first-order valence-corrected chi connectivity index (χ1v) is 8.86. The first kappa shape index (κ1) is 16.8. The summed E-state index contributed by atoms with van der Waals surface area (Å²) in [6, 6.07) is 1.16. The van der Waals surface area contributed by atoms with Crippen LogP contribution in [0.1, 0.15) is 71.6 Å². The van der Waals surface area contributed by atoms with Crippen LogP contribution in [0.25, 0.3) is 0 Å². The van der Waals surface area contributed by atoms with Crippen LogP contribution in [0.5, 0.6) is 0 Å². The molecule has 1 saturated heterocycles. The highest BCUT2D eigenvalue weighted by atomic mass is 16.4. The van der Waals surface area contributed by atoms with Crippen LogP contribution in [0.3, 0.4) is 0 Å². The monoisotopic (exact) mass is 296 g/mol. The van der Waals surface area contributed by atoms with Gasteiger partial charge in [-0.2, -0.15) is 0 Å². The summed E-state index contributed by atoms with van der Waals surface area (Å²) < 4.78 is 0. The van der Waals surface area contributed by atoms with E-state index in [2.05, 4.69) is 17.1 Å². The molecule has 2 fully saturated rings. The molecule has 1 aliphatic carbocycles. The van der Waals surface area contributed by atoms with E-state index in [9.17, 15) is 9.90 Å². The Morgan fingerprint density at radius 3 is 2.62 bits per heavy atom. The minimum Gasteiger partial charge on any atom is -0.480 e. The van der Waals surface area contributed by atoms with Crippen LogP contribution in [-0.2, 0) is 4.79 Å². The van der Waals surface area contributed by atoms with Gasteiger partial charge in [0, 0.05) is 12.1 Å². The van der Waals surface area contributed by atoms with E-state index in [4.69, 9.17) is 0 Å². The maximum atomic E-state index is 11.7. The average molecular weight is 296 g/mol. The highest BCUT2D eigenvalue weighted by Gasteiger charge is 2.40. The number of likely N-dealkylation sites (tertiary alicyclic amines) is 1. The molecule has 0 amide bonds. The molecule has 2 N–H and O–H groups in total. The molecule has 1 aliphatic heterocycles. The largest absolute Gasteiger partial charge is 0.480 e. The second kappa shape index (κ2) is 7.59. The molecule has 122 valence electrons. The number of nitrogens with zero attached hydrogens (tertiary/aromatic N) is 1. The van der Waals surface area contributed by atoms with Crippen LogP contribution in [-0.4, -0.2) is 46.7 Å². The molecule has 2 rings (SSSR count). The third-order valence-electron chi connectivity index (χ3n) is 5.34. The Hall–Kier alpha value is -0.610. The minimum atomic E-state index is -0.696. The van der Waals surface area contributed by atoms with Gasteiger partial charge in [0.2, 0.25) is 0 Å². The highest BCUT2D eigenvalue weighted by molar-refractivity contribution is 5.78. The molecule has 4 heteroatoms. The molecule has 2 unspecified atom stereocenters. The summed E-state index contributed by atoms with van der Waals surface area (Å²) in [5, 5.41) is 13.1. The molecule has 0 radical (unpaired) electrons. The average Bonchev–Trinajstić information content (AvgIpc) is 3.30. The number of aliphatic carboxylic acids is 1. The predicted octanol–water partition coefficient (Wildman–Crippen LogP) is 3.02. The lowest BCUT2D eigenvalue weighted by Crippen LogP contribution is -2.53. The fourth-order valence-electron chi connectivity index (χ4n) is 3.69. The van der Waals surface area contributed by atoms with Crippen molar-refractivity contribution in [2.24, 2.45) is 0 Å². The van der Waals surface area contributed by atoms with Crippen molar-refractivity contribution in [3.8, 4) is 0 Å². The first-order valence-electron chi connectivity index (χ1n) is 8.86. The molecular weight excluding hydrogens is 264 g/mol. The predicted molar refractivity (Wildman–Crippen MR) is 85.6 cm³/mol. The Kier molecular flexibility index (Phi) is 6.06. The van der Waals surface area contributed by atoms with Crippen molar-refractivity contribution in [2.75, 3.05) is 13.1 Å². The van der Waals surface area contributed by atoms with Gasteiger partial charge in [-0.3, -0.25) is 10.1 Å². The van der Waals surface area contributed by atoms with Crippen molar-refractivity contribution in [1.29, 1.82) is 0 Å². The van der Waals surface area contributed by atoms with Gasteiger partial charge in [-0.25, -0.2) is 0 Å². The lowest BCUT2D eigenvalue weighted by atomic mass is 9.89. The Morgan fingerprint density at radius 2 is 2.05 bits per heavy atom. The molecule has 0 aromatic rings. The quantitative estimate of drug-likeness (QED) is 0.687. The molecule has 4 nitrogen and oxygen atoms in total. The highest BCUT2D eigenvalue weighted by Crippen LogP contribution is 2.28. The molecule has 0 aromatic carbocycles. The van der Waals surface area contributed by atoms with E-state index in [1.807, 2.05) is 6.92 Å². The van der Waals surface area contributed by atoms with Crippen molar-refractivity contribution in [1.82, 2.24) is 10.2 Å². The number of nitrogens with one attached hydrogen (secondary N) is 1. The van der Waals surface area contributed by atoms with Crippen molar-refractivity contribution in [3.63, 3.8) is 0 Å². The van der Waals surface area contributed by atoms with Gasteiger partial charge >= 0.3 is 5.97 Å². The molecule has 0 spiro atoms. The number of carbonyl (C=O) groups is 1. The van der Waals surface area contributed by atoms with Crippen molar-refractivity contribution < 1.29 is 9.90 Å². The molecular formula is C17H32N2O2. The van der Waals surface area contributed by atoms with Gasteiger partial charge < -0.3 is 10.0 Å². The summed E-state index contributed by atoms with van der Waals surface area (Å²) in [7, 11) is 0. The second-order valence-electron chi connectivity index (χ2n) is 6.86. The lowest BCUT2D eigenvalue weighted by molar-refractivity contribution is -0.145. The van der Waals surface area contributed by atoms with Gasteiger partial charge in [0.1, 0.15) is 5.54 Å². The Balaban J connectivity index is 1.84. The second-order valence-corrected chi connectivity index (χ2v) is 6.86. The topological polar surface area (TPSA) is 52.6 Å². The Bertz CT molecular complexity index is 344. The van der Waals surface area contributed by atoms with E-state index in [1.54, 1.807) is 0 Å². The fourth-order valence-corrected chi connectivity index (χ4v) is 3.69. The van der Waals surface area contributed by atoms with E-state index in [0.717, 1.165) is 38.3 Å². The smallest absolute Gasteiger partial charge is 0.323 e. The van der Waals surface area contributed by atoms with Gasteiger partial charge in [-0.1, -0.05) is 20.3 Å². The van der Waals surface area contributed by atoms with E-state index in [1.165, 1.54) is 32.2 Å². The number of rotatable bonds is 9. The number of hydrogen-bond donors (Lipinski definition) is 2. The third kappa shape index (κ3) is 4.43. The molecule has 2 aliphatic rings. The summed E-state index contributed by atoms with van der Waals surface area (Å²) in [6.45, 7) is 6.52. The van der Waals surface area contributed by atoms with Crippen LogP contribution in [0.4, 0.5) is 0 Å². The van der Waals surface area contributed by atoms with Crippen LogP contribution in [0, 0.1) is 0 Å². The molecule has 0 aromatic heterocycles. The third-order valence-corrected chi connectivity index (χ3v) is 5.34. The standard InChI is InChI=1S/C17H32N2O2/c1-3-15-8-5-6-12-19(15)13-7-11-17(4-2,16(20)21)18-14-9-10-14/h14-15,18H,3-13H2,1-2H3,(H,20,21).